The number of halogens is 2. The van der Waals surface area contributed by atoms with Crippen LogP contribution in [0.3, 0.4) is 0 Å². The molecule has 2 aromatic carbocycles. The number of carbonyl (C=O) groups is 3. The number of benzene rings is 2. The van der Waals surface area contributed by atoms with Crippen molar-refractivity contribution in [1.82, 2.24) is 52.6 Å². The minimum atomic E-state index is -1.13. The predicted octanol–water partition coefficient (Wildman–Crippen LogP) is 0.700. The minimum Gasteiger partial charge on any atom is -0.376 e. The zero-order valence-electron chi connectivity index (χ0n) is 33.7. The molecule has 3 amide bonds. The fourth-order valence-electron chi connectivity index (χ4n) is 9.13. The van der Waals surface area contributed by atoms with E-state index in [2.05, 4.69) is 64.0 Å². The number of rotatable bonds is 17. The second-order valence-electron chi connectivity index (χ2n) is 17.1. The quantitative estimate of drug-likeness (QED) is 0.0848. The third-order valence-electron chi connectivity index (χ3n) is 12.8. The highest BCUT2D eigenvalue weighted by atomic mass is 19.1. The molecule has 18 heteroatoms. The molecule has 4 fully saturated rings. The van der Waals surface area contributed by atoms with Gasteiger partial charge in [0.15, 0.2) is 0 Å². The van der Waals surface area contributed by atoms with Gasteiger partial charge in [0.2, 0.25) is 11.8 Å². The lowest BCUT2D eigenvalue weighted by atomic mass is 9.94. The lowest BCUT2D eigenvalue weighted by molar-refractivity contribution is -0.125. The molecule has 322 valence electrons. The first kappa shape index (κ1) is 42.0. The highest BCUT2D eigenvalue weighted by Gasteiger charge is 2.47. The monoisotopic (exact) mass is 830 g/mol. The number of hydrogen-bond donors (Lipinski definition) is 11. The Morgan fingerprint density at radius 3 is 2.47 bits per heavy atom. The van der Waals surface area contributed by atoms with Gasteiger partial charge in [-0.3, -0.25) is 25.1 Å². The van der Waals surface area contributed by atoms with Crippen LogP contribution in [-0.4, -0.2) is 115 Å². The van der Waals surface area contributed by atoms with Crippen molar-refractivity contribution in [2.75, 3.05) is 45.2 Å². The van der Waals surface area contributed by atoms with Gasteiger partial charge < -0.3 is 47.3 Å². The van der Waals surface area contributed by atoms with Gasteiger partial charge >= 0.3 is 0 Å². The zero-order chi connectivity index (χ0) is 41.9. The Kier molecular flexibility index (Phi) is 12.9. The summed E-state index contributed by atoms with van der Waals surface area (Å²) in [7, 11) is 1.78. The number of H-pyrrole nitrogens is 1. The molecule has 3 aliphatic heterocycles. The first-order valence-corrected chi connectivity index (χ1v) is 21.2. The zero-order valence-corrected chi connectivity index (χ0v) is 33.7. The number of nitriles is 1. The van der Waals surface area contributed by atoms with Gasteiger partial charge in [-0.2, -0.15) is 5.26 Å². The molecular formula is C42H56F2N12O4. The first-order valence-electron chi connectivity index (χ1n) is 21.2. The number of hydrazine groups is 1. The summed E-state index contributed by atoms with van der Waals surface area (Å²) in [5.74, 6) is -1.83. The maximum Gasteiger partial charge on any atom is 0.268 e. The maximum absolute atomic E-state index is 14.5. The number of carbonyl (C=O) groups excluding carboxylic acids is 3. The van der Waals surface area contributed by atoms with E-state index in [1.807, 2.05) is 6.07 Å². The van der Waals surface area contributed by atoms with Gasteiger partial charge in [0.05, 0.1) is 35.5 Å². The lowest BCUT2D eigenvalue weighted by Gasteiger charge is -2.36. The lowest BCUT2D eigenvalue weighted by Crippen LogP contribution is -2.60. The van der Waals surface area contributed by atoms with E-state index in [1.54, 1.807) is 31.3 Å². The van der Waals surface area contributed by atoms with Crippen LogP contribution in [0.25, 0.3) is 10.9 Å². The molecule has 8 rings (SSSR count). The van der Waals surface area contributed by atoms with E-state index < -0.39 is 42.1 Å². The molecular weight excluding hydrogens is 775 g/mol. The van der Waals surface area contributed by atoms with Crippen LogP contribution in [0.2, 0.25) is 0 Å². The number of aliphatic hydroxyl groups excluding tert-OH is 1. The van der Waals surface area contributed by atoms with Crippen molar-refractivity contribution in [1.29, 1.82) is 5.26 Å². The van der Waals surface area contributed by atoms with Crippen LogP contribution in [0.15, 0.2) is 42.5 Å². The number of nitrogens with zero attached hydrogens (tertiary/aromatic N) is 2. The summed E-state index contributed by atoms with van der Waals surface area (Å²) >= 11 is 0. The predicted molar refractivity (Wildman–Crippen MR) is 220 cm³/mol. The van der Waals surface area contributed by atoms with Gasteiger partial charge in [0.25, 0.3) is 5.91 Å². The Balaban J connectivity index is 0.892. The Morgan fingerprint density at radius 1 is 0.967 bits per heavy atom. The molecule has 2 saturated carbocycles. The van der Waals surface area contributed by atoms with Crippen molar-refractivity contribution in [2.24, 2.45) is 23.7 Å². The Morgan fingerprint density at radius 2 is 1.73 bits per heavy atom. The van der Waals surface area contributed by atoms with E-state index in [9.17, 15) is 33.5 Å². The summed E-state index contributed by atoms with van der Waals surface area (Å²) in [4.78, 5) is 44.3. The molecule has 0 spiro atoms. The third-order valence-corrected chi connectivity index (χ3v) is 12.8. The van der Waals surface area contributed by atoms with Crippen LogP contribution >= 0.6 is 0 Å². The number of fused-ring (bicyclic) bond motifs is 2. The second-order valence-corrected chi connectivity index (χ2v) is 17.1. The first-order chi connectivity index (χ1) is 29.1. The highest BCUT2D eigenvalue weighted by molar-refractivity contribution is 6.00. The second kappa shape index (κ2) is 18.5. The molecule has 4 heterocycles. The van der Waals surface area contributed by atoms with Crippen molar-refractivity contribution in [3.63, 3.8) is 0 Å². The molecule has 1 aromatic heterocycles. The van der Waals surface area contributed by atoms with E-state index in [0.29, 0.717) is 75.5 Å². The Bertz CT molecular complexity index is 2070. The number of aromatic amines is 1. The molecule has 11 N–H and O–H groups in total. The Hall–Kier alpha value is -4.74. The van der Waals surface area contributed by atoms with Crippen LogP contribution < -0.4 is 48.0 Å². The summed E-state index contributed by atoms with van der Waals surface area (Å²) in [5, 5.41) is 49.1. The number of hydrogen-bond acceptors (Lipinski definition) is 12. The third kappa shape index (κ3) is 9.73. The summed E-state index contributed by atoms with van der Waals surface area (Å²) < 4.78 is 28.9. The van der Waals surface area contributed by atoms with Crippen molar-refractivity contribution >= 4 is 34.3 Å². The number of anilines is 1. The molecule has 5 aliphatic rings. The largest absolute Gasteiger partial charge is 0.376 e. The molecule has 9 atom stereocenters. The van der Waals surface area contributed by atoms with Crippen LogP contribution in [0, 0.1) is 46.6 Å². The van der Waals surface area contributed by atoms with Gasteiger partial charge in [0.1, 0.15) is 35.6 Å². The number of para-hydroxylation sites is 2. The number of amides is 3. The van der Waals surface area contributed by atoms with Gasteiger partial charge in [0, 0.05) is 56.1 Å². The SMILES string of the molecule is CNC(NC(=O)C(CC1CC1N1CC(C(C#N)NC(=O)C(CC2CC2)NC(O)C2Cc3cccc(F)c3N2)CCN1)NC(=O)c1cc2cccc(F)c2[nH]1)C1CNCNC1. The van der Waals surface area contributed by atoms with Crippen LogP contribution in [0.5, 0.6) is 0 Å². The van der Waals surface area contributed by atoms with Crippen LogP contribution in [-0.2, 0) is 16.0 Å². The molecule has 9 unspecified atom stereocenters. The van der Waals surface area contributed by atoms with E-state index in [4.69, 9.17) is 0 Å². The highest BCUT2D eigenvalue weighted by Crippen LogP contribution is 2.40. The van der Waals surface area contributed by atoms with Gasteiger partial charge in [-0.15, -0.1) is 0 Å². The van der Waals surface area contributed by atoms with E-state index in [1.165, 1.54) is 12.1 Å². The van der Waals surface area contributed by atoms with E-state index >= 15 is 0 Å². The fourth-order valence-corrected chi connectivity index (χ4v) is 9.13. The van der Waals surface area contributed by atoms with E-state index in [0.717, 1.165) is 24.8 Å². The molecule has 2 aliphatic carbocycles. The van der Waals surface area contributed by atoms with Crippen molar-refractivity contribution in [2.45, 2.75) is 87.5 Å². The summed E-state index contributed by atoms with van der Waals surface area (Å²) in [6, 6.07) is 10.4. The normalized spacial score (nSPS) is 25.5. The number of nitrogens with one attached hydrogen (secondary N) is 10. The van der Waals surface area contributed by atoms with Gasteiger partial charge in [-0.1, -0.05) is 37.1 Å². The molecule has 3 aromatic rings. The average Bonchev–Trinajstić information content (AvgIpc) is 4.14. The topological polar surface area (TPSA) is 223 Å². The summed E-state index contributed by atoms with van der Waals surface area (Å²) in [6.07, 6.45) is 3.17. The standard InChI is InChI=1S/C42H56F2N12O4/c1-46-38(27-18-47-21-48-19-27)55-42(60)33(53-41(59)32-14-24-5-3-7-29(44)37(24)51-32)15-26-16-35(26)56-20-25(10-11-49-56)34(17-45)54-39(57)30(12-22-8-9-22)52-40(58)31-13-23-4-2-6-28(43)36(23)50-31/h2-7,14,22,25-27,30-31,33-35,38,40,46-52,58H,8-13,15-16,18-21H2,1H3,(H,53,59)(H,54,57)(H,55,60). The molecule has 60 heavy (non-hydrogen) atoms. The van der Waals surface area contributed by atoms with Crippen LogP contribution in [0.1, 0.15) is 54.6 Å². The van der Waals surface area contributed by atoms with Gasteiger partial charge in [-0.05, 0) is 74.8 Å². The Labute approximate surface area is 347 Å². The smallest absolute Gasteiger partial charge is 0.268 e. The molecule has 16 nitrogen and oxygen atoms in total. The number of aromatic nitrogens is 1. The molecule has 2 saturated heterocycles. The average molecular weight is 831 g/mol. The minimum absolute atomic E-state index is 0.0244. The van der Waals surface area contributed by atoms with Crippen LogP contribution in [0.4, 0.5) is 14.5 Å². The maximum atomic E-state index is 14.5. The summed E-state index contributed by atoms with van der Waals surface area (Å²) in [6.45, 7) is 3.14. The van der Waals surface area contributed by atoms with Crippen molar-refractivity contribution in [3.05, 3.63) is 65.4 Å². The number of aliphatic hydroxyl groups is 1. The van der Waals surface area contributed by atoms with Gasteiger partial charge in [-0.25, -0.2) is 13.8 Å². The molecule has 0 radical (unpaired) electrons. The molecule has 0 bridgehead atoms. The summed E-state index contributed by atoms with van der Waals surface area (Å²) in [5.41, 5.74) is 4.95. The van der Waals surface area contributed by atoms with E-state index in [-0.39, 0.29) is 58.8 Å². The van der Waals surface area contributed by atoms with Crippen molar-refractivity contribution in [3.8, 4) is 6.07 Å². The van der Waals surface area contributed by atoms with Crippen molar-refractivity contribution < 1.29 is 28.3 Å². The fraction of sp³-hybridized carbons (Fsp3) is 0.571.